The van der Waals surface area contributed by atoms with Crippen molar-refractivity contribution in [2.45, 2.75) is 19.3 Å². The molecule has 1 aromatic heterocycles. The number of carbonyl (C=O) groups excluding carboxylic acids is 2. The third kappa shape index (κ3) is 4.47. The Bertz CT molecular complexity index is 889. The largest absolute Gasteiger partial charge is 0.455 e. The number of fused-ring (bicyclic) bond motifs is 1. The number of esters is 1. The number of nitrogens with zero attached hydrogens (tertiary/aromatic N) is 1. The summed E-state index contributed by atoms with van der Waals surface area (Å²) in [5.41, 5.74) is 2.26. The van der Waals surface area contributed by atoms with E-state index in [1.54, 1.807) is 6.07 Å². The first-order chi connectivity index (χ1) is 12.6. The first-order valence-corrected chi connectivity index (χ1v) is 8.44. The van der Waals surface area contributed by atoms with Crippen molar-refractivity contribution in [2.24, 2.45) is 0 Å². The van der Waals surface area contributed by atoms with Gasteiger partial charge in [0.05, 0.1) is 6.42 Å². The number of carbonyl (C=O) groups is 2. The van der Waals surface area contributed by atoms with E-state index in [1.807, 2.05) is 55.5 Å². The predicted octanol–water partition coefficient (Wildman–Crippen LogP) is 2.83. The lowest BCUT2D eigenvalue weighted by Crippen LogP contribution is -2.31. The van der Waals surface area contributed by atoms with Crippen molar-refractivity contribution >= 4 is 22.8 Å². The molecule has 0 saturated heterocycles. The fourth-order valence-electron chi connectivity index (χ4n) is 2.62. The summed E-state index contributed by atoms with van der Waals surface area (Å²) in [7, 11) is 0. The molecule has 3 aromatic rings. The fourth-order valence-corrected chi connectivity index (χ4v) is 2.62. The van der Waals surface area contributed by atoms with Gasteiger partial charge in [0.1, 0.15) is 5.69 Å². The molecule has 0 aliphatic rings. The number of nitrogens with one attached hydrogen (secondary N) is 1. The zero-order chi connectivity index (χ0) is 18.4. The summed E-state index contributed by atoms with van der Waals surface area (Å²) >= 11 is 0. The van der Waals surface area contributed by atoms with Gasteiger partial charge in [0.25, 0.3) is 5.91 Å². The summed E-state index contributed by atoms with van der Waals surface area (Å²) in [6.45, 7) is 2.20. The maximum Gasteiger partial charge on any atom is 0.312 e. The number of hydrogen-bond acceptors (Lipinski definition) is 5. The van der Waals surface area contributed by atoms with E-state index in [0.717, 1.165) is 10.9 Å². The van der Waals surface area contributed by atoms with E-state index in [1.165, 1.54) is 0 Å². The van der Waals surface area contributed by atoms with Gasteiger partial charge >= 0.3 is 5.97 Å². The number of aromatic nitrogens is 1. The standard InChI is InChI=1S/C20H20N2O4/c1-14(15-7-3-2-4-8-15)12-21-19(23)13-25-20(24)11-17-16-9-5-6-10-18(16)26-22-17/h2-10,14H,11-13H2,1H3,(H,21,23)/t14-/m0/s1. The SMILES string of the molecule is C[C@@H](CNC(=O)COC(=O)Cc1noc2ccccc12)c1ccccc1. The molecule has 3 rings (SSSR count). The molecule has 26 heavy (non-hydrogen) atoms. The summed E-state index contributed by atoms with van der Waals surface area (Å²) in [6, 6.07) is 17.2. The highest BCUT2D eigenvalue weighted by atomic mass is 16.5. The Morgan fingerprint density at radius 2 is 1.85 bits per heavy atom. The molecule has 1 heterocycles. The lowest BCUT2D eigenvalue weighted by molar-refractivity contribution is -0.147. The average molecular weight is 352 g/mol. The van der Waals surface area contributed by atoms with Gasteiger partial charge in [-0.05, 0) is 23.6 Å². The van der Waals surface area contributed by atoms with E-state index in [9.17, 15) is 9.59 Å². The Morgan fingerprint density at radius 3 is 2.65 bits per heavy atom. The minimum absolute atomic E-state index is 0.0370. The molecule has 134 valence electrons. The van der Waals surface area contributed by atoms with E-state index in [4.69, 9.17) is 9.26 Å². The zero-order valence-corrected chi connectivity index (χ0v) is 14.5. The van der Waals surface area contributed by atoms with Gasteiger partial charge in [0, 0.05) is 11.9 Å². The van der Waals surface area contributed by atoms with Gasteiger partial charge in [-0.1, -0.05) is 54.5 Å². The third-order valence-corrected chi connectivity index (χ3v) is 4.10. The molecule has 1 N–H and O–H groups in total. The van der Waals surface area contributed by atoms with Gasteiger partial charge in [0.2, 0.25) is 0 Å². The highest BCUT2D eigenvalue weighted by molar-refractivity contribution is 5.85. The second kappa shape index (κ2) is 8.29. The molecule has 1 amide bonds. The normalized spacial score (nSPS) is 11.9. The van der Waals surface area contributed by atoms with Crippen LogP contribution in [-0.2, 0) is 20.7 Å². The number of hydrogen-bond donors (Lipinski definition) is 1. The van der Waals surface area contributed by atoms with Crippen molar-refractivity contribution < 1.29 is 18.8 Å². The minimum atomic E-state index is -0.518. The number of ether oxygens (including phenoxy) is 1. The van der Waals surface area contributed by atoms with Gasteiger partial charge in [0.15, 0.2) is 12.2 Å². The number of para-hydroxylation sites is 1. The van der Waals surface area contributed by atoms with Crippen LogP contribution in [0.1, 0.15) is 24.1 Å². The topological polar surface area (TPSA) is 81.4 Å². The average Bonchev–Trinajstić information content (AvgIpc) is 3.08. The Kier molecular flexibility index (Phi) is 5.63. The van der Waals surface area contributed by atoms with Gasteiger partial charge in [-0.15, -0.1) is 0 Å². The minimum Gasteiger partial charge on any atom is -0.455 e. The Hall–Kier alpha value is -3.15. The lowest BCUT2D eigenvalue weighted by atomic mass is 10.0. The first-order valence-electron chi connectivity index (χ1n) is 8.44. The lowest BCUT2D eigenvalue weighted by Gasteiger charge is -2.13. The van der Waals surface area contributed by atoms with E-state index in [-0.39, 0.29) is 24.9 Å². The van der Waals surface area contributed by atoms with Gasteiger partial charge in [-0.3, -0.25) is 9.59 Å². The van der Waals surface area contributed by atoms with Crippen LogP contribution < -0.4 is 5.32 Å². The van der Waals surface area contributed by atoms with Crippen molar-refractivity contribution in [1.29, 1.82) is 0 Å². The predicted molar refractivity (Wildman–Crippen MR) is 96.5 cm³/mol. The summed E-state index contributed by atoms with van der Waals surface area (Å²) < 4.78 is 10.2. The van der Waals surface area contributed by atoms with E-state index in [0.29, 0.717) is 17.8 Å². The first kappa shape index (κ1) is 17.7. The molecule has 6 heteroatoms. The Balaban J connectivity index is 1.43. The molecule has 0 aliphatic heterocycles. The third-order valence-electron chi connectivity index (χ3n) is 4.10. The van der Waals surface area contributed by atoms with Gasteiger partial charge < -0.3 is 14.6 Å². The molecule has 0 radical (unpaired) electrons. The van der Waals surface area contributed by atoms with E-state index < -0.39 is 5.97 Å². The van der Waals surface area contributed by atoms with Crippen LogP contribution in [0.5, 0.6) is 0 Å². The fraction of sp³-hybridized carbons (Fsp3) is 0.250. The van der Waals surface area contributed by atoms with Crippen molar-refractivity contribution in [1.82, 2.24) is 10.5 Å². The van der Waals surface area contributed by atoms with Crippen LogP contribution in [0.4, 0.5) is 0 Å². The monoisotopic (exact) mass is 352 g/mol. The maximum atomic E-state index is 11.9. The molecule has 0 spiro atoms. The van der Waals surface area contributed by atoms with Crippen LogP contribution in [0.15, 0.2) is 59.1 Å². The molecule has 2 aromatic carbocycles. The molecular weight excluding hydrogens is 332 g/mol. The summed E-state index contributed by atoms with van der Waals surface area (Å²) in [6.07, 6.45) is -0.0370. The molecule has 0 aliphatic carbocycles. The van der Waals surface area contributed by atoms with Gasteiger partial charge in [-0.25, -0.2) is 0 Å². The summed E-state index contributed by atoms with van der Waals surface area (Å²) in [5.74, 6) is -0.668. The molecule has 0 saturated carbocycles. The number of rotatable bonds is 7. The van der Waals surface area contributed by atoms with Crippen LogP contribution >= 0.6 is 0 Å². The van der Waals surface area contributed by atoms with Crippen molar-refractivity contribution in [3.63, 3.8) is 0 Å². The van der Waals surface area contributed by atoms with E-state index >= 15 is 0 Å². The second-order valence-corrected chi connectivity index (χ2v) is 6.08. The summed E-state index contributed by atoms with van der Waals surface area (Å²) in [5, 5.41) is 7.42. The molecular formula is C20H20N2O4. The maximum absolute atomic E-state index is 11.9. The number of amides is 1. The summed E-state index contributed by atoms with van der Waals surface area (Å²) in [4.78, 5) is 23.8. The van der Waals surface area contributed by atoms with Crippen molar-refractivity contribution in [3.05, 3.63) is 65.9 Å². The second-order valence-electron chi connectivity index (χ2n) is 6.08. The van der Waals surface area contributed by atoms with E-state index in [2.05, 4.69) is 10.5 Å². The highest BCUT2D eigenvalue weighted by Gasteiger charge is 2.14. The Labute approximate surface area is 151 Å². The number of benzene rings is 2. The molecule has 6 nitrogen and oxygen atoms in total. The smallest absolute Gasteiger partial charge is 0.312 e. The van der Waals surface area contributed by atoms with Crippen LogP contribution in [0.3, 0.4) is 0 Å². The quantitative estimate of drug-likeness (QED) is 0.661. The van der Waals surface area contributed by atoms with Gasteiger partial charge in [-0.2, -0.15) is 0 Å². The van der Waals surface area contributed by atoms with Crippen LogP contribution in [0, 0.1) is 0 Å². The van der Waals surface area contributed by atoms with Crippen LogP contribution in [0.2, 0.25) is 0 Å². The zero-order valence-electron chi connectivity index (χ0n) is 14.5. The molecule has 0 fully saturated rings. The highest BCUT2D eigenvalue weighted by Crippen LogP contribution is 2.18. The Morgan fingerprint density at radius 1 is 1.12 bits per heavy atom. The molecule has 0 bridgehead atoms. The van der Waals surface area contributed by atoms with Crippen LogP contribution in [0.25, 0.3) is 11.0 Å². The molecule has 1 atom stereocenters. The van der Waals surface area contributed by atoms with Crippen molar-refractivity contribution in [2.75, 3.05) is 13.2 Å². The molecule has 0 unspecified atom stereocenters. The van der Waals surface area contributed by atoms with Crippen LogP contribution in [-0.4, -0.2) is 30.2 Å². The van der Waals surface area contributed by atoms with Crippen molar-refractivity contribution in [3.8, 4) is 0 Å².